The number of rotatable bonds is 20. The van der Waals surface area contributed by atoms with Gasteiger partial charge in [0.05, 0.1) is 51.8 Å². The van der Waals surface area contributed by atoms with E-state index in [1.165, 1.54) is 62.1 Å². The van der Waals surface area contributed by atoms with E-state index in [1.54, 1.807) is 7.11 Å². The van der Waals surface area contributed by atoms with Crippen LogP contribution >= 0.6 is 0 Å². The molecule has 3 aromatic carbocycles. The van der Waals surface area contributed by atoms with Gasteiger partial charge in [0.2, 0.25) is 0 Å². The highest BCUT2D eigenvalue weighted by molar-refractivity contribution is 5.52. The lowest BCUT2D eigenvalue weighted by Gasteiger charge is -2.42. The smallest absolute Gasteiger partial charge is 0.112 e. The van der Waals surface area contributed by atoms with Gasteiger partial charge in [-0.3, -0.25) is 0 Å². The van der Waals surface area contributed by atoms with E-state index in [2.05, 4.69) is 55.1 Å². The van der Waals surface area contributed by atoms with Crippen molar-refractivity contribution < 1.29 is 34.3 Å². The Morgan fingerprint density at radius 1 is 0.638 bits per heavy atom. The first-order chi connectivity index (χ1) is 33.4. The topological polar surface area (TPSA) is 176 Å². The molecule has 3 unspecified atom stereocenters. The highest BCUT2D eigenvalue weighted by Crippen LogP contribution is 2.52. The van der Waals surface area contributed by atoms with E-state index >= 15 is 0 Å². The van der Waals surface area contributed by atoms with E-state index in [0.29, 0.717) is 68.9 Å². The van der Waals surface area contributed by atoms with Crippen LogP contribution in [0.15, 0.2) is 61.2 Å². The van der Waals surface area contributed by atoms with Crippen LogP contribution < -0.4 is 17.2 Å². The van der Waals surface area contributed by atoms with Crippen molar-refractivity contribution in [3.8, 4) is 0 Å². The predicted octanol–water partition coefficient (Wildman–Crippen LogP) is 7.80. The van der Waals surface area contributed by atoms with E-state index in [4.69, 9.17) is 36.1 Å². The monoisotopic (exact) mass is 948 g/mol. The zero-order valence-electron chi connectivity index (χ0n) is 42.0. The molecule has 0 heterocycles. The van der Waals surface area contributed by atoms with Gasteiger partial charge in [-0.15, -0.1) is 6.58 Å². The van der Waals surface area contributed by atoms with Gasteiger partial charge in [0.25, 0.3) is 0 Å². The van der Waals surface area contributed by atoms with Crippen LogP contribution in [0.2, 0.25) is 0 Å². The third-order valence-electron chi connectivity index (χ3n) is 18.6. The lowest BCUT2D eigenvalue weighted by Crippen LogP contribution is -2.63. The highest BCUT2D eigenvalue weighted by Gasteiger charge is 2.58. The number of hydrogen-bond donors (Lipinski definition) is 6. The molecular formula is C59H85N3O7. The number of aliphatic hydroxyl groups is 3. The van der Waals surface area contributed by atoms with Gasteiger partial charge in [-0.05, 0) is 207 Å². The van der Waals surface area contributed by atoms with Crippen molar-refractivity contribution in [3.63, 3.8) is 0 Å². The van der Waals surface area contributed by atoms with Crippen LogP contribution in [-0.2, 0) is 51.1 Å². The second-order valence-electron chi connectivity index (χ2n) is 23.2. The Labute approximate surface area is 413 Å². The van der Waals surface area contributed by atoms with Gasteiger partial charge in [0.1, 0.15) is 5.60 Å². The molecule has 10 nitrogen and oxygen atoms in total. The number of ether oxygens (including phenoxy) is 4. The summed E-state index contributed by atoms with van der Waals surface area (Å²) < 4.78 is 25.1. The average Bonchev–Trinajstić information content (AvgIpc) is 4.06. The van der Waals surface area contributed by atoms with Gasteiger partial charge >= 0.3 is 0 Å². The minimum Gasteiger partial charge on any atom is -0.394 e. The molecule has 0 aliphatic heterocycles. The first kappa shape index (κ1) is 50.9. The average molecular weight is 948 g/mol. The summed E-state index contributed by atoms with van der Waals surface area (Å²) in [5, 5.41) is 31.3. The molecule has 0 aromatic heterocycles. The molecular weight excluding hydrogens is 863 g/mol. The van der Waals surface area contributed by atoms with Crippen LogP contribution in [0.5, 0.6) is 0 Å². The maximum Gasteiger partial charge on any atom is 0.112 e. The third kappa shape index (κ3) is 10.6. The van der Waals surface area contributed by atoms with Crippen molar-refractivity contribution in [2.45, 2.75) is 161 Å². The van der Waals surface area contributed by atoms with Crippen molar-refractivity contribution in [2.24, 2.45) is 35.0 Å². The molecule has 3 aromatic rings. The molecule has 3 saturated carbocycles. The molecule has 0 saturated heterocycles. The van der Waals surface area contributed by atoms with Crippen LogP contribution in [-0.4, -0.2) is 105 Å². The molecule has 9 rings (SSSR count). The van der Waals surface area contributed by atoms with Crippen LogP contribution in [0.4, 0.5) is 0 Å². The molecule has 11 atom stereocenters. The Balaban J connectivity index is 0.980. The molecule has 6 aliphatic carbocycles. The summed E-state index contributed by atoms with van der Waals surface area (Å²) in [5.74, 6) is 2.25. The zero-order valence-corrected chi connectivity index (χ0v) is 42.0. The molecule has 378 valence electrons. The summed E-state index contributed by atoms with van der Waals surface area (Å²) in [5.41, 5.74) is 31.8. The summed E-state index contributed by atoms with van der Waals surface area (Å²) in [6.07, 6.45) is 18.8. The fraction of sp³-hybridized carbons (Fsp3) is 0.661. The highest BCUT2D eigenvalue weighted by atomic mass is 16.5. The van der Waals surface area contributed by atoms with Crippen molar-refractivity contribution in [1.82, 2.24) is 0 Å². The maximum atomic E-state index is 11.2. The summed E-state index contributed by atoms with van der Waals surface area (Å²) in [4.78, 5) is 0. The van der Waals surface area contributed by atoms with E-state index in [9.17, 15) is 15.3 Å². The SMILES string of the molecule is C=CCCOC[C@@H]1CCc2cc([C@H]3CC(COC)(OC[C@@H]4CCc5cc([C@H]6CC[C@](N)(CO)C6)ccc5C4)[C@](N)(CO)C3)ccc2C1c1cc([C@H]2CC[C@](N)(CO)C2)cc2c1CC(CCOC)CC2. The number of methoxy groups -OCH3 is 2. The summed E-state index contributed by atoms with van der Waals surface area (Å²) in [6.45, 7) is 6.88. The lowest BCUT2D eigenvalue weighted by molar-refractivity contribution is -0.140. The molecule has 0 amide bonds. The number of benzene rings is 3. The van der Waals surface area contributed by atoms with Gasteiger partial charge in [0.15, 0.2) is 0 Å². The molecule has 3 fully saturated rings. The van der Waals surface area contributed by atoms with Crippen LogP contribution in [0, 0.1) is 17.8 Å². The van der Waals surface area contributed by atoms with E-state index in [-0.39, 0.29) is 31.7 Å². The third-order valence-corrected chi connectivity index (χ3v) is 18.6. The molecule has 69 heavy (non-hydrogen) atoms. The first-order valence-electron chi connectivity index (χ1n) is 26.8. The molecule has 6 aliphatic rings. The minimum absolute atomic E-state index is 0.0236. The van der Waals surface area contributed by atoms with Gasteiger partial charge in [-0.25, -0.2) is 0 Å². The number of nitrogens with two attached hydrogens (primary N) is 3. The maximum absolute atomic E-state index is 11.2. The lowest BCUT2D eigenvalue weighted by atomic mass is 9.67. The quantitative estimate of drug-likeness (QED) is 0.0485. The van der Waals surface area contributed by atoms with Crippen LogP contribution in [0.25, 0.3) is 0 Å². The van der Waals surface area contributed by atoms with Crippen LogP contribution in [0.3, 0.4) is 0 Å². The number of hydrogen-bond acceptors (Lipinski definition) is 10. The molecule has 9 N–H and O–H groups in total. The second kappa shape index (κ2) is 21.6. The molecule has 10 heteroatoms. The van der Waals surface area contributed by atoms with Crippen molar-refractivity contribution in [2.75, 3.05) is 67.1 Å². The Morgan fingerprint density at radius 3 is 2.03 bits per heavy atom. The molecule has 0 radical (unpaired) electrons. The van der Waals surface area contributed by atoms with Gasteiger partial charge in [-0.1, -0.05) is 54.6 Å². The Kier molecular flexibility index (Phi) is 15.9. The van der Waals surface area contributed by atoms with Gasteiger partial charge in [0, 0.05) is 37.8 Å². The Morgan fingerprint density at radius 2 is 1.32 bits per heavy atom. The molecule has 0 bridgehead atoms. The summed E-state index contributed by atoms with van der Waals surface area (Å²) in [6, 6.07) is 19.3. The standard InChI is InChI=1S/C59H85N3O7/c1-4-5-21-68-34-49-13-12-45-26-44(14-15-52(45)55(49)54-28-50(48-17-20-57(61,30-48)36-64)27-46-9-6-39(18-22-66-2)24-53(46)54)51-31-58(62,37-65)59(32-51,38-67-3)69-33-40-7-8-42-25-43(11-10-41(42)23-40)47-16-19-56(60,29-47)35-63/h4,10-11,14-15,25-28,39-40,47-49,51,55,63-65H,1,5-9,12-13,16-24,29-38,60-62H2,2-3H3/t39?,40-,47+,48+,49+,51-,55?,56-,57-,58-,59?/m1/s1. The van der Waals surface area contributed by atoms with E-state index in [0.717, 1.165) is 103 Å². The van der Waals surface area contributed by atoms with Crippen molar-refractivity contribution in [3.05, 3.63) is 117 Å². The predicted molar refractivity (Wildman–Crippen MR) is 274 cm³/mol. The Hall–Kier alpha value is -3.00. The van der Waals surface area contributed by atoms with Gasteiger partial charge < -0.3 is 51.5 Å². The Bertz CT molecular complexity index is 2250. The normalized spacial score (nSPS) is 34.1. The van der Waals surface area contributed by atoms with Crippen molar-refractivity contribution in [1.29, 1.82) is 0 Å². The van der Waals surface area contributed by atoms with E-state index in [1.807, 2.05) is 13.2 Å². The van der Waals surface area contributed by atoms with E-state index < -0.39 is 22.2 Å². The molecule has 0 spiro atoms. The fourth-order valence-corrected chi connectivity index (χ4v) is 14.3. The van der Waals surface area contributed by atoms with Crippen LogP contribution in [0.1, 0.15) is 163 Å². The summed E-state index contributed by atoms with van der Waals surface area (Å²) >= 11 is 0. The van der Waals surface area contributed by atoms with Gasteiger partial charge in [-0.2, -0.15) is 0 Å². The second-order valence-corrected chi connectivity index (χ2v) is 23.2. The fourth-order valence-electron chi connectivity index (χ4n) is 14.3. The summed E-state index contributed by atoms with van der Waals surface area (Å²) in [7, 11) is 3.53. The first-order valence-corrected chi connectivity index (χ1v) is 26.8. The number of aryl methyl sites for hydroxylation is 3. The van der Waals surface area contributed by atoms with Crippen molar-refractivity contribution >= 4 is 0 Å². The number of fused-ring (bicyclic) bond motifs is 3. The largest absolute Gasteiger partial charge is 0.394 e. The minimum atomic E-state index is -0.967. The number of aliphatic hydroxyl groups excluding tert-OH is 3. The zero-order chi connectivity index (χ0) is 48.4.